The first-order chi connectivity index (χ1) is 12.7. The third-order valence-corrected chi connectivity index (χ3v) is 4.32. The molecule has 0 unspecified atom stereocenters. The lowest BCUT2D eigenvalue weighted by atomic mass is 10.2. The molecule has 1 aromatic rings. The van der Waals surface area contributed by atoms with Crippen LogP contribution in [-0.4, -0.2) is 79.3 Å². The second kappa shape index (κ2) is 9.20. The lowest BCUT2D eigenvalue weighted by molar-refractivity contribution is -0.153. The number of aliphatic imine (C=N–C) groups is 1. The minimum absolute atomic E-state index is 0.0805. The van der Waals surface area contributed by atoms with Crippen molar-refractivity contribution < 1.29 is 14.3 Å². The van der Waals surface area contributed by atoms with Gasteiger partial charge in [-0.15, -0.1) is 0 Å². The van der Waals surface area contributed by atoms with Crippen molar-refractivity contribution in [1.29, 1.82) is 0 Å². The van der Waals surface area contributed by atoms with Gasteiger partial charge in [0.2, 0.25) is 11.8 Å². The average Bonchev–Trinajstić information content (AvgIpc) is 2.62. The Balaban J connectivity index is 1.89. The van der Waals surface area contributed by atoms with E-state index in [1.165, 1.54) is 0 Å². The molecule has 1 saturated heterocycles. The van der Waals surface area contributed by atoms with Gasteiger partial charge in [-0.2, -0.15) is 4.98 Å². The number of nitrogens with one attached hydrogen (secondary N) is 1. The molecule has 2 rings (SSSR count). The molecule has 2 heterocycles. The monoisotopic (exact) mass is 442 g/mol. The number of esters is 1. The lowest BCUT2D eigenvalue weighted by Crippen LogP contribution is -2.53. The number of halogens is 1. The number of rotatable bonds is 4. The van der Waals surface area contributed by atoms with E-state index in [4.69, 9.17) is 9.47 Å². The Morgan fingerprint density at radius 3 is 2.56 bits per heavy atom. The van der Waals surface area contributed by atoms with Crippen LogP contribution in [-0.2, 0) is 9.53 Å². The van der Waals surface area contributed by atoms with Crippen LogP contribution in [0.2, 0.25) is 0 Å². The number of aromatic nitrogens is 2. The smallest absolute Gasteiger partial charge is 0.325 e. The fourth-order valence-corrected chi connectivity index (χ4v) is 2.97. The van der Waals surface area contributed by atoms with Gasteiger partial charge >= 0.3 is 5.97 Å². The molecule has 0 saturated carbocycles. The Bertz CT molecular complexity index is 684. The summed E-state index contributed by atoms with van der Waals surface area (Å²) in [6.45, 7) is 8.55. The van der Waals surface area contributed by atoms with Gasteiger partial charge in [0.1, 0.15) is 12.1 Å². The van der Waals surface area contributed by atoms with Crippen LogP contribution in [0.3, 0.4) is 0 Å². The number of nitrogens with zero attached hydrogens (tertiary/aromatic N) is 5. The van der Waals surface area contributed by atoms with Gasteiger partial charge in [0.25, 0.3) is 0 Å². The molecule has 1 aromatic heterocycles. The molecule has 150 valence electrons. The van der Waals surface area contributed by atoms with Gasteiger partial charge in [-0.3, -0.25) is 9.79 Å². The van der Waals surface area contributed by atoms with Crippen molar-refractivity contribution in [3.63, 3.8) is 0 Å². The Morgan fingerprint density at radius 2 is 2.00 bits per heavy atom. The predicted octanol–water partition coefficient (Wildman–Crippen LogP) is 1.29. The molecular formula is C17H27BrN6O3. The van der Waals surface area contributed by atoms with Crippen LogP contribution in [0.15, 0.2) is 15.7 Å². The summed E-state index contributed by atoms with van der Waals surface area (Å²) in [6, 6.07) is 0. The second-order valence-electron chi connectivity index (χ2n) is 6.99. The Morgan fingerprint density at radius 1 is 1.33 bits per heavy atom. The van der Waals surface area contributed by atoms with Crippen LogP contribution < -0.4 is 15.0 Å². The zero-order chi connectivity index (χ0) is 20.0. The molecule has 10 heteroatoms. The Labute approximate surface area is 168 Å². The molecule has 0 bridgehead atoms. The first kappa shape index (κ1) is 21.2. The third-order valence-electron chi connectivity index (χ3n) is 3.78. The van der Waals surface area contributed by atoms with E-state index in [9.17, 15) is 4.79 Å². The molecule has 0 radical (unpaired) electrons. The molecule has 1 aliphatic heterocycles. The van der Waals surface area contributed by atoms with Gasteiger partial charge in [0.05, 0.1) is 17.8 Å². The summed E-state index contributed by atoms with van der Waals surface area (Å²) in [6.07, 6.45) is 1.69. The maximum Gasteiger partial charge on any atom is 0.325 e. The predicted molar refractivity (Wildman–Crippen MR) is 107 cm³/mol. The van der Waals surface area contributed by atoms with Crippen molar-refractivity contribution in [1.82, 2.24) is 20.2 Å². The fourth-order valence-electron chi connectivity index (χ4n) is 2.62. The average molecular weight is 443 g/mol. The number of piperazine rings is 1. The standard InChI is InChI=1S/C17H27BrN6O3/c1-17(2,3)27-13(25)11-21-15(19-4)23-6-8-24(9-7-23)16-20-10-12(18)14(22-16)26-5/h10H,6-9,11H2,1-5H3,(H,19,21). The van der Waals surface area contributed by atoms with Crippen molar-refractivity contribution in [3.8, 4) is 5.88 Å². The summed E-state index contributed by atoms with van der Waals surface area (Å²) in [4.78, 5) is 29.1. The van der Waals surface area contributed by atoms with Crippen LogP contribution in [0.1, 0.15) is 20.8 Å². The topological polar surface area (TPSA) is 92.2 Å². The Hall–Kier alpha value is -2.10. The van der Waals surface area contributed by atoms with Gasteiger partial charge in [0.15, 0.2) is 5.96 Å². The minimum atomic E-state index is -0.500. The van der Waals surface area contributed by atoms with E-state index in [0.29, 0.717) is 17.8 Å². The molecule has 0 spiro atoms. The highest BCUT2D eigenvalue weighted by Gasteiger charge is 2.23. The number of ether oxygens (including phenoxy) is 2. The van der Waals surface area contributed by atoms with Gasteiger partial charge < -0.3 is 24.6 Å². The van der Waals surface area contributed by atoms with E-state index in [0.717, 1.165) is 30.7 Å². The summed E-state index contributed by atoms with van der Waals surface area (Å²) in [5.41, 5.74) is -0.500. The summed E-state index contributed by atoms with van der Waals surface area (Å²) in [5, 5.41) is 3.07. The van der Waals surface area contributed by atoms with Gasteiger partial charge in [-0.05, 0) is 36.7 Å². The van der Waals surface area contributed by atoms with Crippen molar-refractivity contribution in [3.05, 3.63) is 10.7 Å². The SMILES string of the molecule is CN=C(NCC(=O)OC(C)(C)C)N1CCN(c2ncc(Br)c(OC)n2)CC1. The van der Waals surface area contributed by atoms with Gasteiger partial charge in [-0.1, -0.05) is 0 Å². The number of carbonyl (C=O) groups is 1. The van der Waals surface area contributed by atoms with E-state index in [1.54, 1.807) is 20.4 Å². The lowest BCUT2D eigenvalue weighted by Gasteiger charge is -2.36. The van der Waals surface area contributed by atoms with Crippen LogP contribution in [0.4, 0.5) is 5.95 Å². The maximum absolute atomic E-state index is 11.9. The van der Waals surface area contributed by atoms with E-state index in [1.807, 2.05) is 20.8 Å². The molecule has 1 N–H and O–H groups in total. The number of hydrogen-bond acceptors (Lipinski definition) is 7. The van der Waals surface area contributed by atoms with Gasteiger partial charge in [0, 0.05) is 33.2 Å². The van der Waals surface area contributed by atoms with Crippen LogP contribution in [0, 0.1) is 0 Å². The summed E-state index contributed by atoms with van der Waals surface area (Å²) < 4.78 is 11.3. The van der Waals surface area contributed by atoms with E-state index in [-0.39, 0.29) is 12.5 Å². The molecule has 1 aliphatic rings. The van der Waals surface area contributed by atoms with Crippen molar-refractivity contribution >= 4 is 33.8 Å². The van der Waals surface area contributed by atoms with Gasteiger partial charge in [-0.25, -0.2) is 4.98 Å². The van der Waals surface area contributed by atoms with E-state index in [2.05, 4.69) is 46.0 Å². The fraction of sp³-hybridized carbons (Fsp3) is 0.647. The number of hydrogen-bond donors (Lipinski definition) is 1. The normalized spacial score (nSPS) is 15.6. The summed E-state index contributed by atoms with van der Waals surface area (Å²) in [5.74, 6) is 1.51. The highest BCUT2D eigenvalue weighted by atomic mass is 79.9. The quantitative estimate of drug-likeness (QED) is 0.423. The van der Waals surface area contributed by atoms with Crippen LogP contribution in [0.25, 0.3) is 0 Å². The molecule has 1 fully saturated rings. The maximum atomic E-state index is 11.9. The highest BCUT2D eigenvalue weighted by Crippen LogP contribution is 2.23. The molecule has 0 amide bonds. The highest BCUT2D eigenvalue weighted by molar-refractivity contribution is 9.10. The first-order valence-corrected chi connectivity index (χ1v) is 9.51. The third kappa shape index (κ3) is 6.23. The van der Waals surface area contributed by atoms with Crippen LogP contribution >= 0.6 is 15.9 Å². The Kier molecular flexibility index (Phi) is 7.23. The molecule has 0 atom stereocenters. The zero-order valence-corrected chi connectivity index (χ0v) is 18.0. The largest absolute Gasteiger partial charge is 0.480 e. The first-order valence-electron chi connectivity index (χ1n) is 8.72. The summed E-state index contributed by atoms with van der Waals surface area (Å²) >= 11 is 3.36. The molecular weight excluding hydrogens is 416 g/mol. The number of carbonyl (C=O) groups excluding carboxylic acids is 1. The van der Waals surface area contributed by atoms with Crippen molar-refractivity contribution in [2.45, 2.75) is 26.4 Å². The number of methoxy groups -OCH3 is 1. The zero-order valence-electron chi connectivity index (χ0n) is 16.5. The van der Waals surface area contributed by atoms with Crippen molar-refractivity contribution in [2.24, 2.45) is 4.99 Å². The number of anilines is 1. The van der Waals surface area contributed by atoms with E-state index < -0.39 is 5.60 Å². The molecule has 9 nitrogen and oxygen atoms in total. The molecule has 0 aromatic carbocycles. The second-order valence-corrected chi connectivity index (χ2v) is 7.84. The van der Waals surface area contributed by atoms with Crippen LogP contribution in [0.5, 0.6) is 5.88 Å². The minimum Gasteiger partial charge on any atom is -0.480 e. The van der Waals surface area contributed by atoms with E-state index >= 15 is 0 Å². The number of guanidine groups is 1. The summed E-state index contributed by atoms with van der Waals surface area (Å²) in [7, 11) is 3.28. The van der Waals surface area contributed by atoms with Crippen molar-refractivity contribution in [2.75, 3.05) is 51.8 Å². The molecule has 0 aliphatic carbocycles. The molecule has 27 heavy (non-hydrogen) atoms.